The molecule has 2 aromatic rings. The third-order valence-electron chi connectivity index (χ3n) is 2.76. The molecule has 6 heteroatoms. The zero-order valence-electron chi connectivity index (χ0n) is 10.2. The first-order valence-corrected chi connectivity index (χ1v) is 5.49. The van der Waals surface area contributed by atoms with Crippen molar-refractivity contribution in [1.29, 1.82) is 0 Å². The first-order valence-electron chi connectivity index (χ1n) is 5.49. The largest absolute Gasteiger partial charge is 0.464 e. The van der Waals surface area contributed by atoms with Gasteiger partial charge in [0, 0.05) is 0 Å². The minimum Gasteiger partial charge on any atom is -0.464 e. The molecule has 18 heavy (non-hydrogen) atoms. The number of carbonyl (C=O) groups is 1. The molecule has 0 saturated carbocycles. The van der Waals surface area contributed by atoms with Gasteiger partial charge in [0.2, 0.25) is 5.69 Å². The number of methoxy groups -OCH3 is 1. The molecule has 6 nitrogen and oxygen atoms in total. The second-order valence-electron chi connectivity index (χ2n) is 3.85. The number of aromatic nitrogens is 3. The van der Waals surface area contributed by atoms with Gasteiger partial charge in [-0.15, -0.1) is 5.10 Å². The van der Waals surface area contributed by atoms with Crippen molar-refractivity contribution in [2.24, 2.45) is 0 Å². The van der Waals surface area contributed by atoms with Gasteiger partial charge in [0.25, 0.3) is 0 Å². The van der Waals surface area contributed by atoms with Crippen molar-refractivity contribution >= 4 is 11.8 Å². The Morgan fingerprint density at radius 3 is 2.67 bits per heavy atom. The van der Waals surface area contributed by atoms with E-state index in [1.54, 1.807) is 0 Å². The van der Waals surface area contributed by atoms with Gasteiger partial charge in [-0.1, -0.05) is 35.5 Å². The van der Waals surface area contributed by atoms with Crippen molar-refractivity contribution in [3.05, 3.63) is 41.6 Å². The summed E-state index contributed by atoms with van der Waals surface area (Å²) in [4.78, 5) is 11.4. The molecular formula is C12H14N4O2. The molecule has 0 aliphatic rings. The summed E-state index contributed by atoms with van der Waals surface area (Å²) in [6, 6.07) is 9.62. The van der Waals surface area contributed by atoms with Crippen LogP contribution in [0.15, 0.2) is 30.3 Å². The van der Waals surface area contributed by atoms with Crippen molar-refractivity contribution in [3.8, 4) is 0 Å². The van der Waals surface area contributed by atoms with Gasteiger partial charge in [-0.3, -0.25) is 0 Å². The number of rotatable bonds is 3. The van der Waals surface area contributed by atoms with E-state index in [9.17, 15) is 4.79 Å². The quantitative estimate of drug-likeness (QED) is 0.824. The number of carbonyl (C=O) groups excluding carboxylic acids is 1. The Balaban J connectivity index is 2.35. The number of hydrogen-bond donors (Lipinski definition) is 1. The van der Waals surface area contributed by atoms with Gasteiger partial charge >= 0.3 is 5.97 Å². The first-order chi connectivity index (χ1) is 8.65. The fraction of sp³-hybridized carbons (Fsp3) is 0.250. The number of hydrogen-bond acceptors (Lipinski definition) is 5. The van der Waals surface area contributed by atoms with Crippen LogP contribution in [-0.2, 0) is 4.74 Å². The summed E-state index contributed by atoms with van der Waals surface area (Å²) in [5.41, 5.74) is 6.93. The fourth-order valence-corrected chi connectivity index (χ4v) is 1.70. The van der Waals surface area contributed by atoms with E-state index in [0.29, 0.717) is 0 Å². The summed E-state index contributed by atoms with van der Waals surface area (Å²) in [7, 11) is 1.28. The van der Waals surface area contributed by atoms with Crippen LogP contribution in [0.4, 0.5) is 5.82 Å². The maximum atomic E-state index is 11.4. The highest BCUT2D eigenvalue weighted by Crippen LogP contribution is 2.21. The lowest BCUT2D eigenvalue weighted by atomic mass is 10.1. The lowest BCUT2D eigenvalue weighted by molar-refractivity contribution is 0.0595. The topological polar surface area (TPSA) is 83.0 Å². The van der Waals surface area contributed by atoms with Crippen LogP contribution >= 0.6 is 0 Å². The summed E-state index contributed by atoms with van der Waals surface area (Å²) >= 11 is 0. The Hall–Kier alpha value is -2.37. The molecule has 1 atom stereocenters. The van der Waals surface area contributed by atoms with Crippen molar-refractivity contribution in [2.45, 2.75) is 13.0 Å². The number of nitrogens with zero attached hydrogens (tertiary/aromatic N) is 3. The number of esters is 1. The van der Waals surface area contributed by atoms with E-state index in [-0.39, 0.29) is 17.6 Å². The van der Waals surface area contributed by atoms with Crippen molar-refractivity contribution < 1.29 is 9.53 Å². The van der Waals surface area contributed by atoms with Crippen LogP contribution in [0.5, 0.6) is 0 Å². The molecule has 0 fully saturated rings. The number of nitrogens with two attached hydrogens (primary N) is 1. The summed E-state index contributed by atoms with van der Waals surface area (Å²) < 4.78 is 6.08. The summed E-state index contributed by atoms with van der Waals surface area (Å²) in [6.45, 7) is 1.93. The summed E-state index contributed by atoms with van der Waals surface area (Å²) in [5, 5.41) is 7.65. The third-order valence-corrected chi connectivity index (χ3v) is 2.76. The van der Waals surface area contributed by atoms with Crippen LogP contribution in [0.3, 0.4) is 0 Å². The molecule has 0 bridgehead atoms. The molecule has 0 aliphatic heterocycles. The number of nitrogen functional groups attached to an aromatic ring is 1. The van der Waals surface area contributed by atoms with E-state index in [1.807, 2.05) is 37.3 Å². The van der Waals surface area contributed by atoms with E-state index in [4.69, 9.17) is 5.73 Å². The van der Waals surface area contributed by atoms with Gasteiger partial charge < -0.3 is 10.5 Å². The molecule has 94 valence electrons. The van der Waals surface area contributed by atoms with Crippen LogP contribution in [0.25, 0.3) is 0 Å². The molecule has 1 unspecified atom stereocenters. The minimum absolute atomic E-state index is 0.0419. The van der Waals surface area contributed by atoms with Crippen LogP contribution in [0.1, 0.15) is 29.0 Å². The Labute approximate surface area is 104 Å². The van der Waals surface area contributed by atoms with E-state index in [0.717, 1.165) is 5.56 Å². The van der Waals surface area contributed by atoms with Crippen molar-refractivity contribution in [1.82, 2.24) is 15.0 Å². The standard InChI is InChI=1S/C12H14N4O2/c1-8(9-6-4-3-5-7-9)16-11(13)10(14-15-16)12(17)18-2/h3-8H,13H2,1-2H3. The highest BCUT2D eigenvalue weighted by atomic mass is 16.5. The predicted molar refractivity (Wildman–Crippen MR) is 66.0 cm³/mol. The van der Waals surface area contributed by atoms with Crippen LogP contribution in [0, 0.1) is 0 Å². The molecule has 0 amide bonds. The monoisotopic (exact) mass is 246 g/mol. The van der Waals surface area contributed by atoms with Crippen LogP contribution in [0.2, 0.25) is 0 Å². The maximum absolute atomic E-state index is 11.4. The van der Waals surface area contributed by atoms with Gasteiger partial charge in [0.15, 0.2) is 5.82 Å². The Morgan fingerprint density at radius 2 is 2.06 bits per heavy atom. The number of benzene rings is 1. The zero-order valence-corrected chi connectivity index (χ0v) is 10.2. The molecule has 0 spiro atoms. The molecule has 1 aromatic carbocycles. The van der Waals surface area contributed by atoms with Crippen molar-refractivity contribution in [2.75, 3.05) is 12.8 Å². The zero-order chi connectivity index (χ0) is 13.1. The molecular weight excluding hydrogens is 232 g/mol. The average Bonchev–Trinajstić information content (AvgIpc) is 2.80. The fourth-order valence-electron chi connectivity index (χ4n) is 1.70. The normalized spacial score (nSPS) is 12.1. The average molecular weight is 246 g/mol. The van der Waals surface area contributed by atoms with Gasteiger partial charge in [-0.2, -0.15) is 0 Å². The highest BCUT2D eigenvalue weighted by Gasteiger charge is 2.21. The molecule has 0 radical (unpaired) electrons. The van der Waals surface area contributed by atoms with E-state index in [2.05, 4.69) is 15.0 Å². The van der Waals surface area contributed by atoms with Crippen LogP contribution < -0.4 is 5.73 Å². The van der Waals surface area contributed by atoms with Crippen LogP contribution in [-0.4, -0.2) is 28.1 Å². The second-order valence-corrected chi connectivity index (χ2v) is 3.85. The second kappa shape index (κ2) is 4.87. The molecule has 0 aliphatic carbocycles. The highest BCUT2D eigenvalue weighted by molar-refractivity contribution is 5.91. The van der Waals surface area contributed by atoms with Gasteiger partial charge in [-0.05, 0) is 12.5 Å². The van der Waals surface area contributed by atoms with Gasteiger partial charge in [-0.25, -0.2) is 9.48 Å². The molecule has 2 N–H and O–H groups in total. The molecule has 2 rings (SSSR count). The Morgan fingerprint density at radius 1 is 1.39 bits per heavy atom. The SMILES string of the molecule is COC(=O)c1nnn(C(C)c2ccccc2)c1N. The molecule has 1 heterocycles. The summed E-state index contributed by atoms with van der Waals surface area (Å²) in [6.07, 6.45) is 0. The first kappa shape index (κ1) is 12.1. The van der Waals surface area contributed by atoms with E-state index in [1.165, 1.54) is 11.8 Å². The molecule has 1 aromatic heterocycles. The van der Waals surface area contributed by atoms with Gasteiger partial charge in [0.05, 0.1) is 13.2 Å². The lowest BCUT2D eigenvalue weighted by Crippen LogP contribution is -2.13. The van der Waals surface area contributed by atoms with E-state index < -0.39 is 5.97 Å². The molecule has 0 saturated heterocycles. The number of anilines is 1. The summed E-state index contributed by atoms with van der Waals surface area (Å²) in [5.74, 6) is -0.378. The predicted octanol–water partition coefficient (Wildman–Crippen LogP) is 1.26. The number of ether oxygens (including phenoxy) is 1. The minimum atomic E-state index is -0.584. The maximum Gasteiger partial charge on any atom is 0.362 e. The van der Waals surface area contributed by atoms with E-state index >= 15 is 0 Å². The Kier molecular flexibility index (Phi) is 3.27. The Bertz CT molecular complexity index is 550. The van der Waals surface area contributed by atoms with Gasteiger partial charge in [0.1, 0.15) is 0 Å². The smallest absolute Gasteiger partial charge is 0.362 e. The van der Waals surface area contributed by atoms with Crippen molar-refractivity contribution in [3.63, 3.8) is 0 Å². The lowest BCUT2D eigenvalue weighted by Gasteiger charge is -2.13. The third kappa shape index (κ3) is 2.04.